The molecule has 1 aliphatic rings. The van der Waals surface area contributed by atoms with Crippen molar-refractivity contribution < 1.29 is 71.6 Å². The standard InChI is InChI=1S/C78H86N10O15/c1-3-4-41-83-74(94)65(33-37-69(89)99-46-42-79-50-56-21-9-5-10-22-56)86-77(97)67(35-39-71(91)101-48-44-81-52-58-25-13-7-14-26-58)87-76(96)66(34-38-70(90)100-47-43-80-51-57-23-11-6-12-24-57)85-73(93)55(2)84-75(95)68(36-40-72(92)102-49-45-82-53-59-27-15-8-16-28-59)88-78(98)103-54-64-62-31-19-17-29-60(62)61-30-18-20-32-63(61)64/h5-21,23,25,27,29-32,50-53,55,64-68H,3-4,33-49,54H2,1-2H3,(H,83,94)(H,84,95)(H,85,93)(H,86,97)(H,87,96)(H,88,98)/q-4/t55-,65-,66-,67-,68-/m0/s1. The predicted molar refractivity (Wildman–Crippen MR) is 385 cm³/mol. The van der Waals surface area contributed by atoms with Gasteiger partial charge in [-0.05, 0) is 61.3 Å². The topological polar surface area (TPSA) is 338 Å². The van der Waals surface area contributed by atoms with Crippen LogP contribution in [0.1, 0.15) is 117 Å². The van der Waals surface area contributed by atoms with Gasteiger partial charge in [0, 0.05) is 38.1 Å². The predicted octanol–water partition coefficient (Wildman–Crippen LogP) is 6.74. The fraction of sp³-hybridized carbons (Fsp3) is 0.359. The van der Waals surface area contributed by atoms with Crippen molar-refractivity contribution >= 4 is 84.4 Å². The molecular formula is C78H86N10O15-4. The molecular weight excluding hydrogens is 1320 g/mol. The summed E-state index contributed by atoms with van der Waals surface area (Å²) in [5.41, 5.74) is 6.66. The van der Waals surface area contributed by atoms with Crippen LogP contribution < -0.4 is 31.9 Å². The number of hydrogen-bond donors (Lipinski definition) is 6. The van der Waals surface area contributed by atoms with Crippen LogP contribution in [0.5, 0.6) is 0 Å². The maximum atomic E-state index is 14.8. The summed E-state index contributed by atoms with van der Waals surface area (Å²) in [7, 11) is 0. The van der Waals surface area contributed by atoms with Crippen LogP contribution in [0, 0.1) is 24.3 Å². The molecule has 6 N–H and O–H groups in total. The monoisotopic (exact) mass is 1400 g/mol. The van der Waals surface area contributed by atoms with Crippen molar-refractivity contribution in [2.24, 2.45) is 20.0 Å². The van der Waals surface area contributed by atoms with Crippen molar-refractivity contribution in [3.05, 3.63) is 203 Å². The Kier molecular flexibility index (Phi) is 34.1. The highest BCUT2D eigenvalue weighted by Crippen LogP contribution is 2.44. The number of ether oxygens (including phenoxy) is 5. The average Bonchev–Trinajstić information content (AvgIpc) is 1.62. The lowest BCUT2D eigenvalue weighted by Gasteiger charge is -2.26. The third-order valence-corrected chi connectivity index (χ3v) is 15.8. The van der Waals surface area contributed by atoms with Crippen LogP contribution in [-0.2, 0) is 66.8 Å². The maximum Gasteiger partial charge on any atom is 0.407 e. The fourth-order valence-corrected chi connectivity index (χ4v) is 10.4. The van der Waals surface area contributed by atoms with Gasteiger partial charge in [-0.2, -0.15) is 0 Å². The minimum absolute atomic E-state index is 0.0645. The van der Waals surface area contributed by atoms with E-state index in [4.69, 9.17) is 23.7 Å². The number of amides is 6. The minimum Gasteiger partial charge on any atom is -0.464 e. The van der Waals surface area contributed by atoms with Crippen LogP contribution in [-0.4, -0.2) is 180 Å². The molecule has 25 heteroatoms. The van der Waals surface area contributed by atoms with Gasteiger partial charge in [-0.3, -0.25) is 43.2 Å². The van der Waals surface area contributed by atoms with Gasteiger partial charge in [0.1, 0.15) is 63.2 Å². The first-order valence-electron chi connectivity index (χ1n) is 34.2. The van der Waals surface area contributed by atoms with E-state index in [-0.39, 0.29) is 97.4 Å². The highest BCUT2D eigenvalue weighted by atomic mass is 16.6. The van der Waals surface area contributed by atoms with Crippen molar-refractivity contribution in [3.63, 3.8) is 0 Å². The van der Waals surface area contributed by atoms with Crippen LogP contribution in [0.15, 0.2) is 166 Å². The summed E-state index contributed by atoms with van der Waals surface area (Å²) in [6.45, 7) is 3.18. The first-order valence-corrected chi connectivity index (χ1v) is 34.2. The minimum atomic E-state index is -1.68. The molecule has 0 bridgehead atoms. The molecule has 103 heavy (non-hydrogen) atoms. The lowest BCUT2D eigenvalue weighted by atomic mass is 9.98. The molecule has 0 radical (unpaired) electrons. The van der Waals surface area contributed by atoms with Crippen molar-refractivity contribution in [1.29, 1.82) is 0 Å². The fourth-order valence-electron chi connectivity index (χ4n) is 10.4. The second-order valence-electron chi connectivity index (χ2n) is 23.5. The summed E-state index contributed by atoms with van der Waals surface area (Å²) in [4.78, 5) is 156. The molecule has 0 unspecified atom stereocenters. The number of hydrogen-bond acceptors (Lipinski definition) is 19. The molecule has 0 aromatic heterocycles. The van der Waals surface area contributed by atoms with Crippen molar-refractivity contribution in [3.8, 4) is 11.1 Å². The van der Waals surface area contributed by atoms with Crippen LogP contribution in [0.25, 0.3) is 11.1 Å². The summed E-state index contributed by atoms with van der Waals surface area (Å²) < 4.78 is 27.4. The third-order valence-electron chi connectivity index (χ3n) is 15.8. The highest BCUT2D eigenvalue weighted by molar-refractivity contribution is 5.97. The van der Waals surface area contributed by atoms with Gasteiger partial charge < -0.3 is 75.6 Å². The van der Waals surface area contributed by atoms with Crippen LogP contribution in [0.4, 0.5) is 4.79 Å². The smallest absolute Gasteiger partial charge is 0.407 e. The number of nitrogens with zero attached hydrogens (tertiary/aromatic N) is 4. The van der Waals surface area contributed by atoms with Crippen molar-refractivity contribution in [2.45, 2.75) is 114 Å². The molecule has 7 rings (SSSR count). The number of esters is 4. The van der Waals surface area contributed by atoms with E-state index in [1.165, 1.54) is 6.92 Å². The molecule has 6 aromatic carbocycles. The van der Waals surface area contributed by atoms with Gasteiger partial charge in [-0.1, -0.05) is 86.7 Å². The normalized spacial score (nSPS) is 13.1. The lowest BCUT2D eigenvalue weighted by molar-refractivity contribution is -0.145. The molecule has 6 aromatic rings. The van der Waals surface area contributed by atoms with Gasteiger partial charge in [-0.25, -0.2) is 4.79 Å². The third kappa shape index (κ3) is 28.9. The first-order chi connectivity index (χ1) is 50.1. The number of aliphatic imine (C=N–C) groups is 4. The zero-order chi connectivity index (χ0) is 73.2. The Bertz CT molecular complexity index is 3790. The van der Waals surface area contributed by atoms with Gasteiger partial charge in [-0.15, -0.1) is 144 Å². The summed E-state index contributed by atoms with van der Waals surface area (Å²) in [6, 6.07) is 48.3. The van der Waals surface area contributed by atoms with E-state index >= 15 is 0 Å². The second kappa shape index (κ2) is 44.6. The van der Waals surface area contributed by atoms with Crippen LogP contribution >= 0.6 is 0 Å². The largest absolute Gasteiger partial charge is 0.464 e. The number of nitrogens with one attached hydrogen (secondary N) is 6. The van der Waals surface area contributed by atoms with E-state index in [1.807, 2.05) is 91.9 Å². The number of unbranched alkanes of at least 4 members (excludes halogenated alkanes) is 1. The number of rotatable bonds is 43. The van der Waals surface area contributed by atoms with E-state index in [0.29, 0.717) is 24.0 Å². The lowest BCUT2D eigenvalue weighted by Crippen LogP contribution is -2.59. The Morgan fingerprint density at radius 1 is 0.408 bits per heavy atom. The first kappa shape index (κ1) is 78.8. The van der Waals surface area contributed by atoms with Gasteiger partial charge >= 0.3 is 30.0 Å². The van der Waals surface area contributed by atoms with E-state index < -0.39 is 115 Å². The Morgan fingerprint density at radius 3 is 1.10 bits per heavy atom. The van der Waals surface area contributed by atoms with E-state index in [0.717, 1.165) is 33.4 Å². The van der Waals surface area contributed by atoms with Gasteiger partial charge in [0.2, 0.25) is 29.5 Å². The zero-order valence-corrected chi connectivity index (χ0v) is 57.7. The molecule has 25 nitrogen and oxygen atoms in total. The number of carbonyl (C=O) groups is 10. The molecule has 542 valence electrons. The van der Waals surface area contributed by atoms with E-state index in [2.05, 4.69) is 76.1 Å². The Balaban J connectivity index is 1.07. The number of benzene rings is 6. The molecule has 5 atom stereocenters. The maximum absolute atomic E-state index is 14.8. The quantitative estimate of drug-likeness (QED) is 0.00759. The molecule has 1 aliphatic carbocycles. The Hall–Kier alpha value is -11.5. The summed E-state index contributed by atoms with van der Waals surface area (Å²) in [5, 5.41) is 15.6. The molecule has 6 amide bonds. The van der Waals surface area contributed by atoms with Crippen molar-refractivity contribution in [1.82, 2.24) is 31.9 Å². The number of alkyl carbamates (subject to hydrolysis) is 1. The SMILES string of the molecule is CCCCNC(=O)[C@H](CCC(=O)OCCN=Cc1[c-]cccc1)NC(=O)[C@H](CCC(=O)OCCN=Cc1[c-]cccc1)NC(=O)[C@H](CCC(=O)OCCN=Cc1[c-]cccc1)NC(=O)[C@H](C)NC(=O)[C@H](CCC(=O)OCCN=Cc1[c-]cccc1)NC(=O)OCC1c2ccccc2-c2ccccc21. The van der Waals surface area contributed by atoms with Gasteiger partial charge in [0.25, 0.3) is 0 Å². The van der Waals surface area contributed by atoms with Crippen LogP contribution in [0.2, 0.25) is 0 Å². The molecule has 0 aliphatic heterocycles. The molecule has 0 spiro atoms. The molecule has 0 fully saturated rings. The highest BCUT2D eigenvalue weighted by Gasteiger charge is 2.34. The zero-order valence-electron chi connectivity index (χ0n) is 57.7. The van der Waals surface area contributed by atoms with Gasteiger partial charge in [0.15, 0.2) is 0 Å². The number of fused-ring (bicyclic) bond motifs is 3. The summed E-state index contributed by atoms with van der Waals surface area (Å²) >= 11 is 0. The Labute approximate surface area is 599 Å². The molecule has 0 heterocycles. The summed E-state index contributed by atoms with van der Waals surface area (Å²) in [5.74, 6) is -7.97. The summed E-state index contributed by atoms with van der Waals surface area (Å²) in [6.07, 6.45) is 3.39. The molecule has 0 saturated carbocycles. The van der Waals surface area contributed by atoms with Crippen LogP contribution in [0.3, 0.4) is 0 Å². The van der Waals surface area contributed by atoms with E-state index in [1.54, 1.807) is 85.5 Å². The second-order valence-corrected chi connectivity index (χ2v) is 23.5. The van der Waals surface area contributed by atoms with E-state index in [9.17, 15) is 47.9 Å². The molecule has 0 saturated heterocycles. The van der Waals surface area contributed by atoms with Gasteiger partial charge in [0.05, 0.1) is 26.2 Å². The average molecular weight is 1400 g/mol. The Morgan fingerprint density at radius 2 is 0.738 bits per heavy atom. The number of carbonyl (C=O) groups excluding carboxylic acids is 10. The van der Waals surface area contributed by atoms with Crippen molar-refractivity contribution in [2.75, 3.05) is 65.8 Å².